The summed E-state index contributed by atoms with van der Waals surface area (Å²) >= 11 is 3.01. The van der Waals surface area contributed by atoms with Crippen LogP contribution in [-0.4, -0.2) is 22.0 Å². The number of carboxylic acids is 1. The Bertz CT molecular complexity index is 691. The second-order valence-corrected chi connectivity index (χ2v) is 4.67. The van der Waals surface area contributed by atoms with Crippen molar-refractivity contribution >= 4 is 33.5 Å². The van der Waals surface area contributed by atoms with Crippen molar-refractivity contribution in [3.8, 4) is 0 Å². The molecule has 1 heterocycles. The van der Waals surface area contributed by atoms with Crippen LogP contribution in [0.2, 0.25) is 0 Å². The molecule has 1 aromatic heterocycles. The highest BCUT2D eigenvalue weighted by Crippen LogP contribution is 2.20. The lowest BCUT2D eigenvalue weighted by Crippen LogP contribution is -2.13. The minimum Gasteiger partial charge on any atom is -0.477 e. The first-order valence-electron chi connectivity index (χ1n) is 5.43. The fourth-order valence-corrected chi connectivity index (χ4v) is 1.84. The number of aromatic nitrogens is 1. The van der Waals surface area contributed by atoms with Crippen molar-refractivity contribution in [2.45, 2.75) is 0 Å². The molecule has 7 heteroatoms. The Balaban J connectivity index is 2.21. The molecule has 0 fully saturated rings. The number of halogens is 2. The quantitative estimate of drug-likeness (QED) is 0.901. The van der Waals surface area contributed by atoms with Gasteiger partial charge in [-0.25, -0.2) is 14.2 Å². The zero-order valence-electron chi connectivity index (χ0n) is 9.93. The summed E-state index contributed by atoms with van der Waals surface area (Å²) in [6.45, 7) is 0. The minimum atomic E-state index is -1.22. The van der Waals surface area contributed by atoms with Gasteiger partial charge in [0.15, 0.2) is 0 Å². The van der Waals surface area contributed by atoms with Crippen molar-refractivity contribution in [3.05, 3.63) is 58.1 Å². The molecular formula is C13H8BrFN2O3. The topological polar surface area (TPSA) is 79.3 Å². The molecule has 2 rings (SSSR count). The van der Waals surface area contributed by atoms with Gasteiger partial charge in [-0.1, -0.05) is 0 Å². The third-order valence-corrected chi connectivity index (χ3v) is 3.03. The number of carboxylic acid groups (broad SMARTS) is 1. The standard InChI is InChI=1S/C13H8BrFN2O3/c14-9-6-8(1-2-10(9)15)17-12(18)7-3-4-16-11(5-7)13(19)20/h1-6H,(H,17,18)(H,19,20). The SMILES string of the molecule is O=C(Nc1ccc(F)c(Br)c1)c1ccnc(C(=O)O)c1. The summed E-state index contributed by atoms with van der Waals surface area (Å²) in [5, 5.41) is 11.3. The van der Waals surface area contributed by atoms with E-state index in [0.717, 1.165) is 6.07 Å². The van der Waals surface area contributed by atoms with Gasteiger partial charge in [0.25, 0.3) is 5.91 Å². The van der Waals surface area contributed by atoms with Crippen molar-refractivity contribution in [1.29, 1.82) is 0 Å². The van der Waals surface area contributed by atoms with Crippen molar-refractivity contribution in [3.63, 3.8) is 0 Å². The molecule has 102 valence electrons. The minimum absolute atomic E-state index is 0.151. The molecule has 5 nitrogen and oxygen atoms in total. The largest absolute Gasteiger partial charge is 0.477 e. The van der Waals surface area contributed by atoms with E-state index >= 15 is 0 Å². The van der Waals surface area contributed by atoms with Gasteiger partial charge in [-0.15, -0.1) is 0 Å². The molecule has 2 N–H and O–H groups in total. The van der Waals surface area contributed by atoms with E-state index in [1.807, 2.05) is 0 Å². The highest BCUT2D eigenvalue weighted by atomic mass is 79.9. The van der Waals surface area contributed by atoms with Gasteiger partial charge in [-0.3, -0.25) is 4.79 Å². The van der Waals surface area contributed by atoms with Crippen LogP contribution in [0.5, 0.6) is 0 Å². The van der Waals surface area contributed by atoms with Gasteiger partial charge in [0.1, 0.15) is 11.5 Å². The number of nitrogens with one attached hydrogen (secondary N) is 1. The number of rotatable bonds is 3. The lowest BCUT2D eigenvalue weighted by molar-refractivity contribution is 0.0690. The van der Waals surface area contributed by atoms with Crippen molar-refractivity contribution in [2.24, 2.45) is 0 Å². The molecule has 0 aliphatic carbocycles. The number of hydrogen-bond donors (Lipinski definition) is 2. The number of carbonyl (C=O) groups excluding carboxylic acids is 1. The maximum absolute atomic E-state index is 13.1. The Hall–Kier alpha value is -2.28. The number of anilines is 1. The van der Waals surface area contributed by atoms with E-state index in [4.69, 9.17) is 5.11 Å². The Morgan fingerprint density at radius 3 is 2.65 bits per heavy atom. The number of benzene rings is 1. The van der Waals surface area contributed by atoms with Crippen LogP contribution in [0.4, 0.5) is 10.1 Å². The molecule has 0 saturated heterocycles. The Morgan fingerprint density at radius 2 is 2.00 bits per heavy atom. The Kier molecular flexibility index (Phi) is 4.09. The second-order valence-electron chi connectivity index (χ2n) is 3.82. The molecule has 1 amide bonds. The second kappa shape index (κ2) is 5.79. The van der Waals surface area contributed by atoms with Crippen molar-refractivity contribution in [2.75, 3.05) is 5.32 Å². The molecule has 0 spiro atoms. The predicted octanol–water partition coefficient (Wildman–Crippen LogP) is 2.93. The first-order chi connectivity index (χ1) is 9.47. The zero-order valence-corrected chi connectivity index (χ0v) is 11.5. The molecule has 0 unspecified atom stereocenters. The third-order valence-electron chi connectivity index (χ3n) is 2.42. The molecule has 2 aromatic rings. The lowest BCUT2D eigenvalue weighted by Gasteiger charge is -2.06. The summed E-state index contributed by atoms with van der Waals surface area (Å²) in [7, 11) is 0. The number of amides is 1. The molecule has 0 bridgehead atoms. The average molecular weight is 339 g/mol. The van der Waals surface area contributed by atoms with Gasteiger partial charge in [0, 0.05) is 17.4 Å². The summed E-state index contributed by atoms with van der Waals surface area (Å²) in [5.74, 6) is -2.17. The molecule has 0 aliphatic heterocycles. The van der Waals surface area contributed by atoms with Crippen LogP contribution in [0.25, 0.3) is 0 Å². The van der Waals surface area contributed by atoms with Gasteiger partial charge >= 0.3 is 5.97 Å². The monoisotopic (exact) mass is 338 g/mol. The predicted molar refractivity (Wildman–Crippen MR) is 73.2 cm³/mol. The fourth-order valence-electron chi connectivity index (χ4n) is 1.47. The smallest absolute Gasteiger partial charge is 0.354 e. The van der Waals surface area contributed by atoms with Gasteiger partial charge < -0.3 is 10.4 Å². The molecule has 0 radical (unpaired) electrons. The summed E-state index contributed by atoms with van der Waals surface area (Å²) < 4.78 is 13.3. The molecule has 0 aliphatic rings. The van der Waals surface area contributed by atoms with Crippen molar-refractivity contribution < 1.29 is 19.1 Å². The van der Waals surface area contributed by atoms with Crippen LogP contribution < -0.4 is 5.32 Å². The Morgan fingerprint density at radius 1 is 1.25 bits per heavy atom. The van der Waals surface area contributed by atoms with Crippen LogP contribution in [0.1, 0.15) is 20.8 Å². The van der Waals surface area contributed by atoms with Crippen LogP contribution >= 0.6 is 15.9 Å². The number of nitrogens with zero attached hydrogens (tertiary/aromatic N) is 1. The van der Waals surface area contributed by atoms with Crippen LogP contribution in [0, 0.1) is 5.82 Å². The molecule has 1 aromatic carbocycles. The highest BCUT2D eigenvalue weighted by molar-refractivity contribution is 9.10. The average Bonchev–Trinajstić information content (AvgIpc) is 2.43. The van der Waals surface area contributed by atoms with Gasteiger partial charge in [-0.2, -0.15) is 0 Å². The number of carbonyl (C=O) groups is 2. The summed E-state index contributed by atoms with van der Waals surface area (Å²) in [6.07, 6.45) is 1.24. The third kappa shape index (κ3) is 3.18. The van der Waals surface area contributed by atoms with Crippen molar-refractivity contribution in [1.82, 2.24) is 4.98 Å². The molecule has 0 atom stereocenters. The Labute approximate surface area is 121 Å². The van der Waals surface area contributed by atoms with E-state index in [-0.39, 0.29) is 15.7 Å². The normalized spacial score (nSPS) is 10.1. The van der Waals surface area contributed by atoms with E-state index < -0.39 is 17.7 Å². The number of hydrogen-bond acceptors (Lipinski definition) is 3. The van der Waals surface area contributed by atoms with E-state index in [9.17, 15) is 14.0 Å². The van der Waals surface area contributed by atoms with E-state index in [2.05, 4.69) is 26.2 Å². The van der Waals surface area contributed by atoms with E-state index in [1.165, 1.54) is 30.5 Å². The first kappa shape index (κ1) is 14.1. The van der Waals surface area contributed by atoms with Gasteiger partial charge in [-0.05, 0) is 46.3 Å². The maximum atomic E-state index is 13.1. The van der Waals surface area contributed by atoms with E-state index in [1.54, 1.807) is 0 Å². The number of aromatic carboxylic acids is 1. The lowest BCUT2D eigenvalue weighted by atomic mass is 10.2. The summed E-state index contributed by atoms with van der Waals surface area (Å²) in [4.78, 5) is 26.3. The highest BCUT2D eigenvalue weighted by Gasteiger charge is 2.11. The summed E-state index contributed by atoms with van der Waals surface area (Å²) in [5.41, 5.74) is 0.313. The van der Waals surface area contributed by atoms with Crippen LogP contribution in [0.3, 0.4) is 0 Å². The molecule has 20 heavy (non-hydrogen) atoms. The van der Waals surface area contributed by atoms with Gasteiger partial charge in [0.2, 0.25) is 0 Å². The maximum Gasteiger partial charge on any atom is 0.354 e. The first-order valence-corrected chi connectivity index (χ1v) is 6.22. The van der Waals surface area contributed by atoms with E-state index in [0.29, 0.717) is 5.69 Å². The molecular weight excluding hydrogens is 331 g/mol. The number of pyridine rings is 1. The molecule has 0 saturated carbocycles. The fraction of sp³-hybridized carbons (Fsp3) is 0. The summed E-state index contributed by atoms with van der Waals surface area (Å²) in [6, 6.07) is 6.56. The van der Waals surface area contributed by atoms with Crippen LogP contribution in [-0.2, 0) is 0 Å². The van der Waals surface area contributed by atoms with Gasteiger partial charge in [0.05, 0.1) is 4.47 Å². The van der Waals surface area contributed by atoms with Crippen LogP contribution in [0.15, 0.2) is 41.0 Å². The zero-order chi connectivity index (χ0) is 14.7.